The van der Waals surface area contributed by atoms with Crippen LogP contribution in [0.1, 0.15) is 26.2 Å². The van der Waals surface area contributed by atoms with Gasteiger partial charge in [0.05, 0.1) is 24.2 Å². The van der Waals surface area contributed by atoms with Crippen LogP contribution >= 0.6 is 0 Å². The lowest BCUT2D eigenvalue weighted by Crippen LogP contribution is -2.60. The van der Waals surface area contributed by atoms with Crippen molar-refractivity contribution < 1.29 is 39.2 Å². The van der Waals surface area contributed by atoms with Gasteiger partial charge < -0.3 is 29.6 Å². The van der Waals surface area contributed by atoms with E-state index in [4.69, 9.17) is 14.6 Å². The molecule has 0 aromatic carbocycles. The minimum Gasteiger partial charge on any atom is -0.458 e. The van der Waals surface area contributed by atoms with Gasteiger partial charge in [-0.1, -0.05) is 20.1 Å². The number of esters is 2. The Kier molecular flexibility index (Phi) is 5.49. The number of rotatable bonds is 5. The fraction of sp³-hybridized carbons (Fsp3) is 0.650. The maximum absolute atomic E-state index is 12.4. The van der Waals surface area contributed by atoms with Crippen LogP contribution in [0.4, 0.5) is 0 Å². The zero-order valence-corrected chi connectivity index (χ0v) is 15.7. The molecule has 1 saturated heterocycles. The van der Waals surface area contributed by atoms with E-state index in [1.165, 1.54) is 0 Å². The molecule has 3 N–H and O–H groups in total. The van der Waals surface area contributed by atoms with Crippen molar-refractivity contribution in [3.63, 3.8) is 0 Å². The number of aliphatic hydroxyl groups is 3. The van der Waals surface area contributed by atoms with Crippen LogP contribution in [0.15, 0.2) is 24.3 Å². The zero-order chi connectivity index (χ0) is 20.8. The van der Waals surface area contributed by atoms with Crippen molar-refractivity contribution in [1.82, 2.24) is 0 Å². The third-order valence-electron chi connectivity index (χ3n) is 6.69. The monoisotopic (exact) mass is 394 g/mol. The second-order valence-corrected chi connectivity index (χ2v) is 8.22. The highest BCUT2D eigenvalue weighted by Crippen LogP contribution is 2.58. The predicted molar refractivity (Wildman–Crippen MR) is 95.6 cm³/mol. The minimum atomic E-state index is -1.46. The summed E-state index contributed by atoms with van der Waals surface area (Å²) in [6.45, 7) is 8.35. The number of aldehydes is 1. The highest BCUT2D eigenvalue weighted by atomic mass is 16.6. The van der Waals surface area contributed by atoms with Gasteiger partial charge in [0.1, 0.15) is 24.6 Å². The third kappa shape index (κ3) is 3.09. The van der Waals surface area contributed by atoms with Gasteiger partial charge >= 0.3 is 11.9 Å². The Hall–Kier alpha value is -2.03. The Morgan fingerprint density at radius 2 is 2.14 bits per heavy atom. The van der Waals surface area contributed by atoms with Gasteiger partial charge in [0.25, 0.3) is 0 Å². The molecule has 1 heterocycles. The smallest absolute Gasteiger partial charge is 0.336 e. The summed E-state index contributed by atoms with van der Waals surface area (Å²) in [6.07, 6.45) is -1.85. The van der Waals surface area contributed by atoms with Gasteiger partial charge in [-0.25, -0.2) is 9.59 Å². The van der Waals surface area contributed by atoms with Crippen LogP contribution < -0.4 is 0 Å². The van der Waals surface area contributed by atoms with Gasteiger partial charge in [0.15, 0.2) is 0 Å². The molecule has 0 spiro atoms. The maximum atomic E-state index is 12.4. The molecule has 2 saturated carbocycles. The average molecular weight is 394 g/mol. The van der Waals surface area contributed by atoms with Gasteiger partial charge in [0.2, 0.25) is 0 Å². The molecule has 0 amide bonds. The van der Waals surface area contributed by atoms with Crippen LogP contribution in [-0.2, 0) is 23.9 Å². The van der Waals surface area contributed by atoms with Crippen LogP contribution in [0.2, 0.25) is 0 Å². The van der Waals surface area contributed by atoms with Gasteiger partial charge in [-0.3, -0.25) is 0 Å². The molecule has 3 rings (SSSR count). The summed E-state index contributed by atoms with van der Waals surface area (Å²) < 4.78 is 11.1. The number of fused-ring (bicyclic) bond motifs is 3. The number of hydrogen-bond donors (Lipinski definition) is 3. The third-order valence-corrected chi connectivity index (χ3v) is 6.69. The van der Waals surface area contributed by atoms with E-state index in [0.717, 1.165) is 6.29 Å². The van der Waals surface area contributed by atoms with Crippen molar-refractivity contribution in [2.45, 2.75) is 50.6 Å². The standard InChI is InChI=1S/C20H26O8/c1-9(12(23)8-22)18(25)27-13-6-20(3)14(24)5-4-11(7-21)16(20)17-15(13)10(2)19(26)28-17/h7,11-17,22-24H,1-2,4-6,8H2,3H3/t11-,12-,13-,14+,15+,16?,17-,20-/m0/s1. The summed E-state index contributed by atoms with van der Waals surface area (Å²) in [5.74, 6) is -2.97. The molecule has 1 aliphatic heterocycles. The summed E-state index contributed by atoms with van der Waals surface area (Å²) in [4.78, 5) is 36.3. The van der Waals surface area contributed by atoms with Gasteiger partial charge in [-0.15, -0.1) is 0 Å². The highest BCUT2D eigenvalue weighted by molar-refractivity contribution is 5.92. The first-order valence-corrected chi connectivity index (χ1v) is 9.37. The van der Waals surface area contributed by atoms with E-state index in [-0.39, 0.29) is 23.5 Å². The number of hydrogen-bond acceptors (Lipinski definition) is 8. The van der Waals surface area contributed by atoms with Gasteiger partial charge in [0, 0.05) is 22.8 Å². The fourth-order valence-corrected chi connectivity index (χ4v) is 5.09. The normalized spacial score (nSPS) is 40.7. The molecule has 2 aliphatic carbocycles. The van der Waals surface area contributed by atoms with Crippen LogP contribution in [0, 0.1) is 23.2 Å². The van der Waals surface area contributed by atoms with Crippen molar-refractivity contribution in [2.24, 2.45) is 23.2 Å². The molecule has 1 unspecified atom stereocenters. The van der Waals surface area contributed by atoms with E-state index in [1.807, 2.05) is 0 Å². The lowest BCUT2D eigenvalue weighted by atomic mass is 9.51. The van der Waals surface area contributed by atoms with Crippen molar-refractivity contribution in [3.8, 4) is 0 Å². The van der Waals surface area contributed by atoms with E-state index < -0.39 is 60.2 Å². The molecule has 0 radical (unpaired) electrons. The van der Waals surface area contributed by atoms with Crippen molar-refractivity contribution in [1.29, 1.82) is 0 Å². The van der Waals surface area contributed by atoms with Crippen molar-refractivity contribution in [2.75, 3.05) is 6.61 Å². The highest BCUT2D eigenvalue weighted by Gasteiger charge is 2.63. The first kappa shape index (κ1) is 20.7. The Labute approximate surface area is 162 Å². The Morgan fingerprint density at radius 3 is 2.75 bits per heavy atom. The molecule has 154 valence electrons. The molecular formula is C20H26O8. The molecule has 0 bridgehead atoms. The molecule has 28 heavy (non-hydrogen) atoms. The Balaban J connectivity index is 1.95. The van der Waals surface area contributed by atoms with Crippen molar-refractivity contribution >= 4 is 18.2 Å². The molecule has 3 fully saturated rings. The molecule has 0 aromatic rings. The van der Waals surface area contributed by atoms with Crippen LogP contribution in [0.3, 0.4) is 0 Å². The molecule has 3 aliphatic rings. The number of ether oxygens (including phenoxy) is 2. The summed E-state index contributed by atoms with van der Waals surface area (Å²) >= 11 is 0. The lowest BCUT2D eigenvalue weighted by molar-refractivity contribution is -0.195. The second-order valence-electron chi connectivity index (χ2n) is 8.22. The summed E-state index contributed by atoms with van der Waals surface area (Å²) in [5.41, 5.74) is -0.961. The number of carbonyl (C=O) groups is 3. The van der Waals surface area contributed by atoms with Crippen molar-refractivity contribution in [3.05, 3.63) is 24.3 Å². The Morgan fingerprint density at radius 1 is 1.46 bits per heavy atom. The topological polar surface area (TPSA) is 130 Å². The van der Waals surface area contributed by atoms with E-state index >= 15 is 0 Å². The number of aliphatic hydroxyl groups excluding tert-OH is 3. The predicted octanol–water partition coefficient (Wildman–Crippen LogP) is -0.0986. The molecule has 8 atom stereocenters. The first-order valence-electron chi connectivity index (χ1n) is 9.37. The van der Waals surface area contributed by atoms with Crippen LogP contribution in [-0.4, -0.2) is 64.6 Å². The quantitative estimate of drug-likeness (QED) is 0.335. The average Bonchev–Trinajstić information content (AvgIpc) is 2.96. The molecule has 0 aromatic heterocycles. The van der Waals surface area contributed by atoms with E-state index in [2.05, 4.69) is 13.2 Å². The SMILES string of the molecule is C=C1C(=O)O[C@@H]2C3[C@H](C=O)CC[C@@H](O)[C@]3(C)C[C@H](OC(=O)C(=C)[C@@H](O)CO)[C@@H]12. The summed E-state index contributed by atoms with van der Waals surface area (Å²) in [7, 11) is 0. The number of carbonyl (C=O) groups excluding carboxylic acids is 3. The molecule has 8 heteroatoms. The van der Waals surface area contributed by atoms with E-state index in [1.54, 1.807) is 6.92 Å². The minimum absolute atomic E-state index is 0.155. The molecular weight excluding hydrogens is 368 g/mol. The second kappa shape index (κ2) is 7.42. The summed E-state index contributed by atoms with van der Waals surface area (Å²) in [6, 6.07) is 0. The van der Waals surface area contributed by atoms with Crippen LogP contribution in [0.25, 0.3) is 0 Å². The largest absolute Gasteiger partial charge is 0.458 e. The van der Waals surface area contributed by atoms with Crippen LogP contribution in [0.5, 0.6) is 0 Å². The van der Waals surface area contributed by atoms with E-state index in [0.29, 0.717) is 12.8 Å². The first-order chi connectivity index (χ1) is 13.2. The van der Waals surface area contributed by atoms with Gasteiger partial charge in [-0.2, -0.15) is 0 Å². The summed E-state index contributed by atoms with van der Waals surface area (Å²) in [5, 5.41) is 29.3. The van der Waals surface area contributed by atoms with E-state index in [9.17, 15) is 24.6 Å². The zero-order valence-electron chi connectivity index (χ0n) is 15.7. The fourth-order valence-electron chi connectivity index (χ4n) is 5.09. The van der Waals surface area contributed by atoms with Gasteiger partial charge in [-0.05, 0) is 19.3 Å². The lowest BCUT2D eigenvalue weighted by Gasteiger charge is -2.55. The maximum Gasteiger partial charge on any atom is 0.336 e. The Bertz CT molecular complexity index is 715. The molecule has 8 nitrogen and oxygen atoms in total.